The predicted molar refractivity (Wildman–Crippen MR) is 117 cm³/mol. The third kappa shape index (κ3) is 5.53. The van der Waals surface area contributed by atoms with Crippen molar-refractivity contribution < 1.29 is 22.7 Å². The molecule has 1 aliphatic heterocycles. The molecule has 2 aliphatic rings. The first-order valence-electron chi connectivity index (χ1n) is 11.0. The zero-order chi connectivity index (χ0) is 22.6. The second kappa shape index (κ2) is 9.81. The summed E-state index contributed by atoms with van der Waals surface area (Å²) >= 11 is 0. The van der Waals surface area contributed by atoms with Gasteiger partial charge in [0, 0.05) is 12.1 Å². The molecule has 10 heteroatoms. The van der Waals surface area contributed by atoms with E-state index >= 15 is 0 Å². The van der Waals surface area contributed by atoms with Crippen molar-refractivity contribution in [3.63, 3.8) is 0 Å². The molecule has 1 aromatic heterocycles. The molecular formula is C22H28N4O5S. The lowest BCUT2D eigenvalue weighted by Gasteiger charge is -2.38. The fourth-order valence-electron chi connectivity index (χ4n) is 4.57. The topological polar surface area (TPSA) is 111 Å². The van der Waals surface area contributed by atoms with Gasteiger partial charge in [-0.2, -0.15) is 0 Å². The fourth-order valence-corrected chi connectivity index (χ4v) is 6.29. The Kier molecular flexibility index (Phi) is 6.88. The quantitative estimate of drug-likeness (QED) is 0.580. The maximum atomic E-state index is 13.0. The summed E-state index contributed by atoms with van der Waals surface area (Å²) in [6.45, 7) is 0.0308. The lowest BCUT2D eigenvalue weighted by atomic mass is 9.93. The predicted octanol–water partition coefficient (Wildman–Crippen LogP) is 1.83. The highest BCUT2D eigenvalue weighted by Crippen LogP contribution is 2.28. The van der Waals surface area contributed by atoms with Gasteiger partial charge < -0.3 is 9.64 Å². The Morgan fingerprint density at radius 2 is 1.81 bits per heavy atom. The van der Waals surface area contributed by atoms with Crippen molar-refractivity contribution >= 4 is 21.7 Å². The number of aromatic nitrogens is 3. The summed E-state index contributed by atoms with van der Waals surface area (Å²) in [5, 5.41) is 7.81. The van der Waals surface area contributed by atoms with E-state index in [-0.39, 0.29) is 35.2 Å². The van der Waals surface area contributed by atoms with E-state index in [1.807, 2.05) is 30.3 Å². The third-order valence-corrected chi connectivity index (χ3v) is 7.87. The Morgan fingerprint density at radius 1 is 1.06 bits per heavy atom. The maximum Gasteiger partial charge on any atom is 0.361 e. The van der Waals surface area contributed by atoms with Crippen molar-refractivity contribution in [1.82, 2.24) is 19.9 Å². The van der Waals surface area contributed by atoms with Gasteiger partial charge in [0.15, 0.2) is 22.1 Å². The Bertz CT molecular complexity index is 1050. The summed E-state index contributed by atoms with van der Waals surface area (Å²) in [5.74, 6) is -0.987. The fraction of sp³-hybridized carbons (Fsp3) is 0.545. The van der Waals surface area contributed by atoms with E-state index in [0.29, 0.717) is 13.0 Å². The normalized spacial score (nSPS) is 20.7. The van der Waals surface area contributed by atoms with Crippen LogP contribution in [0.3, 0.4) is 0 Å². The van der Waals surface area contributed by atoms with Crippen molar-refractivity contribution in [2.45, 2.75) is 57.2 Å². The molecule has 1 saturated heterocycles. The minimum Gasteiger partial charge on any atom is -0.451 e. The first-order chi connectivity index (χ1) is 15.4. The standard InChI is InChI=1S/C22H28N4O5S/c27-21(26(18-9-5-2-6-10-18)19-11-12-32(29,30)16-19)15-31-22(28)20-14-25(24-23-20)13-17-7-3-1-4-8-17/h1,3-4,7-8,14,18-19H,2,5-6,9-13,15-16H2. The second-order valence-corrected chi connectivity index (χ2v) is 10.7. The highest BCUT2D eigenvalue weighted by atomic mass is 32.2. The largest absolute Gasteiger partial charge is 0.451 e. The molecule has 0 N–H and O–H groups in total. The molecule has 1 unspecified atom stereocenters. The monoisotopic (exact) mass is 460 g/mol. The van der Waals surface area contributed by atoms with Crippen molar-refractivity contribution in [3.8, 4) is 0 Å². The molecule has 1 amide bonds. The molecular weight excluding hydrogens is 432 g/mol. The highest BCUT2D eigenvalue weighted by molar-refractivity contribution is 7.91. The van der Waals surface area contributed by atoms with Gasteiger partial charge in [-0.1, -0.05) is 54.8 Å². The van der Waals surface area contributed by atoms with Crippen molar-refractivity contribution in [2.75, 3.05) is 18.1 Å². The van der Waals surface area contributed by atoms with Crippen LogP contribution in [0.15, 0.2) is 36.5 Å². The lowest BCUT2D eigenvalue weighted by molar-refractivity contribution is -0.140. The van der Waals surface area contributed by atoms with E-state index in [2.05, 4.69) is 10.3 Å². The molecule has 0 radical (unpaired) electrons. The molecule has 172 valence electrons. The summed E-state index contributed by atoms with van der Waals surface area (Å²) in [6, 6.07) is 9.30. The van der Waals surface area contributed by atoms with E-state index in [1.165, 1.54) is 10.9 Å². The molecule has 1 saturated carbocycles. The van der Waals surface area contributed by atoms with Gasteiger partial charge in [-0.05, 0) is 24.8 Å². The Hall–Kier alpha value is -2.75. The molecule has 32 heavy (non-hydrogen) atoms. The molecule has 2 fully saturated rings. The number of hydrogen-bond donors (Lipinski definition) is 0. The maximum absolute atomic E-state index is 13.0. The average molecular weight is 461 g/mol. The van der Waals surface area contributed by atoms with E-state index in [0.717, 1.165) is 37.7 Å². The second-order valence-electron chi connectivity index (χ2n) is 8.51. The molecule has 1 atom stereocenters. The van der Waals surface area contributed by atoms with Crippen molar-refractivity contribution in [3.05, 3.63) is 47.8 Å². The number of sulfone groups is 1. The van der Waals surface area contributed by atoms with Crippen LogP contribution in [0, 0.1) is 0 Å². The van der Waals surface area contributed by atoms with Crippen LogP contribution in [0.4, 0.5) is 0 Å². The number of esters is 1. The molecule has 4 rings (SSSR count). The Labute approximate surface area is 187 Å². The molecule has 0 spiro atoms. The number of carbonyl (C=O) groups is 2. The van der Waals surface area contributed by atoms with Gasteiger partial charge in [0.05, 0.1) is 24.2 Å². The summed E-state index contributed by atoms with van der Waals surface area (Å²) in [4.78, 5) is 27.2. The minimum atomic E-state index is -3.13. The number of ether oxygens (including phenoxy) is 1. The van der Waals surface area contributed by atoms with Crippen LogP contribution in [-0.2, 0) is 25.9 Å². The van der Waals surface area contributed by atoms with Gasteiger partial charge in [-0.25, -0.2) is 17.9 Å². The minimum absolute atomic E-state index is 0.000000366. The molecule has 1 aliphatic carbocycles. The summed E-state index contributed by atoms with van der Waals surface area (Å²) in [7, 11) is -3.13. The van der Waals surface area contributed by atoms with Gasteiger partial charge >= 0.3 is 5.97 Å². The van der Waals surface area contributed by atoms with Crippen molar-refractivity contribution in [1.29, 1.82) is 0 Å². The lowest BCUT2D eigenvalue weighted by Crippen LogP contribution is -2.50. The smallest absolute Gasteiger partial charge is 0.361 e. The van der Waals surface area contributed by atoms with Crippen molar-refractivity contribution in [2.24, 2.45) is 0 Å². The Morgan fingerprint density at radius 3 is 2.50 bits per heavy atom. The van der Waals surface area contributed by atoms with Gasteiger partial charge in [0.2, 0.25) is 0 Å². The SMILES string of the molecule is O=C(OCC(=O)N(C1CCCCC1)C1CCS(=O)(=O)C1)c1cn(Cc2ccccc2)nn1. The third-order valence-electron chi connectivity index (χ3n) is 6.12. The molecule has 9 nitrogen and oxygen atoms in total. The van der Waals surface area contributed by atoms with E-state index in [4.69, 9.17) is 4.74 Å². The first kappa shape index (κ1) is 22.4. The van der Waals surface area contributed by atoms with Crippen LogP contribution in [0.1, 0.15) is 54.6 Å². The molecule has 2 aromatic rings. The number of carbonyl (C=O) groups excluding carboxylic acids is 2. The molecule has 2 heterocycles. The van der Waals surface area contributed by atoms with E-state index in [9.17, 15) is 18.0 Å². The van der Waals surface area contributed by atoms with E-state index < -0.39 is 22.4 Å². The number of amides is 1. The van der Waals surface area contributed by atoms with E-state index in [1.54, 1.807) is 4.90 Å². The Balaban J connectivity index is 1.37. The van der Waals surface area contributed by atoms with Crippen LogP contribution < -0.4 is 0 Å². The average Bonchev–Trinajstić information content (AvgIpc) is 3.40. The van der Waals surface area contributed by atoms with Crippen LogP contribution >= 0.6 is 0 Å². The number of benzene rings is 1. The summed E-state index contributed by atoms with van der Waals surface area (Å²) in [6.07, 6.45) is 6.77. The highest BCUT2D eigenvalue weighted by Gasteiger charge is 2.38. The summed E-state index contributed by atoms with van der Waals surface area (Å²) < 4.78 is 30.8. The number of rotatable bonds is 7. The van der Waals surface area contributed by atoms with Crippen LogP contribution in [0.2, 0.25) is 0 Å². The zero-order valence-corrected chi connectivity index (χ0v) is 18.7. The van der Waals surface area contributed by atoms with Crippen LogP contribution in [0.5, 0.6) is 0 Å². The summed E-state index contributed by atoms with van der Waals surface area (Å²) in [5.41, 5.74) is 1.04. The molecule has 1 aromatic carbocycles. The van der Waals surface area contributed by atoms with Crippen LogP contribution in [-0.4, -0.2) is 70.4 Å². The number of hydrogen-bond acceptors (Lipinski definition) is 7. The zero-order valence-electron chi connectivity index (χ0n) is 17.9. The number of nitrogens with zero attached hydrogens (tertiary/aromatic N) is 4. The van der Waals surface area contributed by atoms with Gasteiger partial charge in [-0.15, -0.1) is 5.10 Å². The first-order valence-corrected chi connectivity index (χ1v) is 12.9. The van der Waals surface area contributed by atoms with Gasteiger partial charge in [-0.3, -0.25) is 4.79 Å². The van der Waals surface area contributed by atoms with Gasteiger partial charge in [0.1, 0.15) is 0 Å². The van der Waals surface area contributed by atoms with Gasteiger partial charge in [0.25, 0.3) is 5.91 Å². The molecule has 0 bridgehead atoms. The van der Waals surface area contributed by atoms with Crippen LogP contribution in [0.25, 0.3) is 0 Å².